The lowest BCUT2D eigenvalue weighted by Crippen LogP contribution is -2.54. The third-order valence-corrected chi connectivity index (χ3v) is 2.96. The molecule has 0 fully saturated rings. The lowest BCUT2D eigenvalue weighted by atomic mass is 10.0. The zero-order chi connectivity index (χ0) is 14.5. The number of ether oxygens (including phenoxy) is 1. The van der Waals surface area contributed by atoms with Gasteiger partial charge in [0.1, 0.15) is 17.9 Å². The molecule has 0 spiro atoms. The van der Waals surface area contributed by atoms with Crippen molar-refractivity contribution in [3.63, 3.8) is 0 Å². The fraction of sp³-hybridized carbons (Fsp3) is 0.533. The number of carboxylic acids is 1. The molecular weight excluding hydrogens is 242 g/mol. The van der Waals surface area contributed by atoms with Crippen LogP contribution in [0.4, 0.5) is 0 Å². The van der Waals surface area contributed by atoms with Gasteiger partial charge >= 0.3 is 5.97 Å². The summed E-state index contributed by atoms with van der Waals surface area (Å²) >= 11 is 0. The van der Waals surface area contributed by atoms with E-state index in [-0.39, 0.29) is 6.61 Å². The summed E-state index contributed by atoms with van der Waals surface area (Å²) in [6, 6.07) is 5.88. The highest BCUT2D eigenvalue weighted by atomic mass is 16.5. The summed E-state index contributed by atoms with van der Waals surface area (Å²) in [4.78, 5) is 11.3. The molecule has 0 saturated carbocycles. The Kier molecular flexibility index (Phi) is 5.36. The summed E-state index contributed by atoms with van der Waals surface area (Å²) in [6.45, 7) is 8.38. The molecule has 0 bridgehead atoms. The zero-order valence-corrected chi connectivity index (χ0v) is 12.1. The molecule has 0 radical (unpaired) electrons. The van der Waals surface area contributed by atoms with Crippen LogP contribution >= 0.6 is 0 Å². The Hall–Kier alpha value is -1.55. The van der Waals surface area contributed by atoms with Crippen molar-refractivity contribution < 1.29 is 14.6 Å². The van der Waals surface area contributed by atoms with Crippen molar-refractivity contribution in [3.8, 4) is 5.75 Å². The highest BCUT2D eigenvalue weighted by molar-refractivity contribution is 5.78. The average Bonchev–Trinajstić information content (AvgIpc) is 2.32. The van der Waals surface area contributed by atoms with Gasteiger partial charge in [0.2, 0.25) is 0 Å². The second-order valence-electron chi connectivity index (χ2n) is 5.18. The van der Waals surface area contributed by atoms with Crippen LogP contribution in [0.5, 0.6) is 5.75 Å². The van der Waals surface area contributed by atoms with E-state index < -0.39 is 11.5 Å². The first-order valence-electron chi connectivity index (χ1n) is 6.57. The van der Waals surface area contributed by atoms with Crippen LogP contribution in [0.3, 0.4) is 0 Å². The summed E-state index contributed by atoms with van der Waals surface area (Å²) in [5, 5.41) is 12.3. The van der Waals surface area contributed by atoms with Crippen LogP contribution in [-0.4, -0.2) is 29.8 Å². The number of benzene rings is 1. The second-order valence-corrected chi connectivity index (χ2v) is 5.18. The summed E-state index contributed by atoms with van der Waals surface area (Å²) < 4.78 is 5.65. The van der Waals surface area contributed by atoms with E-state index in [2.05, 4.69) is 11.4 Å². The first kappa shape index (κ1) is 15.5. The van der Waals surface area contributed by atoms with E-state index in [9.17, 15) is 9.90 Å². The Morgan fingerprint density at radius 3 is 2.37 bits per heavy atom. The Balaban J connectivity index is 2.73. The van der Waals surface area contributed by atoms with Crippen molar-refractivity contribution in [1.82, 2.24) is 5.32 Å². The number of hydrogen-bond donors (Lipinski definition) is 2. The van der Waals surface area contributed by atoms with Crippen molar-refractivity contribution in [2.75, 3.05) is 13.2 Å². The molecule has 0 saturated heterocycles. The maximum Gasteiger partial charge on any atom is 0.327 e. The predicted molar refractivity (Wildman–Crippen MR) is 75.7 cm³/mol. The molecule has 0 heterocycles. The maximum absolute atomic E-state index is 11.3. The Morgan fingerprint density at radius 1 is 1.32 bits per heavy atom. The predicted octanol–water partition coefficient (Wildman–Crippen LogP) is 2.53. The van der Waals surface area contributed by atoms with E-state index in [0.717, 1.165) is 17.5 Å². The third-order valence-electron chi connectivity index (χ3n) is 2.96. The second kappa shape index (κ2) is 6.57. The Morgan fingerprint density at radius 2 is 1.89 bits per heavy atom. The van der Waals surface area contributed by atoms with Gasteiger partial charge < -0.3 is 9.84 Å². The van der Waals surface area contributed by atoms with Crippen molar-refractivity contribution >= 4 is 5.97 Å². The SMILES string of the molecule is CCCNC(C)(COc1cc(C)cc(C)c1)C(=O)O. The smallest absolute Gasteiger partial charge is 0.327 e. The molecule has 0 amide bonds. The van der Waals surface area contributed by atoms with Gasteiger partial charge in [0, 0.05) is 0 Å². The van der Waals surface area contributed by atoms with Gasteiger partial charge in [-0.1, -0.05) is 13.0 Å². The molecule has 2 N–H and O–H groups in total. The number of rotatable bonds is 7. The summed E-state index contributed by atoms with van der Waals surface area (Å²) in [5.41, 5.74) is 1.15. The van der Waals surface area contributed by atoms with Gasteiger partial charge in [0.05, 0.1) is 0 Å². The van der Waals surface area contributed by atoms with E-state index in [1.54, 1.807) is 6.92 Å². The van der Waals surface area contributed by atoms with Gasteiger partial charge in [0.25, 0.3) is 0 Å². The first-order valence-corrected chi connectivity index (χ1v) is 6.57. The van der Waals surface area contributed by atoms with Gasteiger partial charge in [-0.2, -0.15) is 0 Å². The van der Waals surface area contributed by atoms with E-state index in [0.29, 0.717) is 12.3 Å². The molecule has 19 heavy (non-hydrogen) atoms. The fourth-order valence-corrected chi connectivity index (χ4v) is 1.83. The van der Waals surface area contributed by atoms with Gasteiger partial charge in [-0.05, 0) is 57.0 Å². The third kappa shape index (κ3) is 4.56. The first-order chi connectivity index (χ1) is 8.87. The van der Waals surface area contributed by atoms with Gasteiger partial charge in [-0.25, -0.2) is 0 Å². The summed E-state index contributed by atoms with van der Waals surface area (Å²) in [5.74, 6) is -0.186. The lowest BCUT2D eigenvalue weighted by molar-refractivity contribution is -0.145. The molecule has 4 heteroatoms. The lowest BCUT2D eigenvalue weighted by Gasteiger charge is -2.26. The van der Waals surface area contributed by atoms with Crippen molar-refractivity contribution in [2.24, 2.45) is 0 Å². The standard InChI is InChI=1S/C15H23NO3/c1-5-6-16-15(4,14(17)18)10-19-13-8-11(2)7-12(3)9-13/h7-9,16H,5-6,10H2,1-4H3,(H,17,18). The Labute approximate surface area is 114 Å². The van der Waals surface area contributed by atoms with Crippen LogP contribution in [0, 0.1) is 13.8 Å². The minimum Gasteiger partial charge on any atom is -0.491 e. The number of nitrogens with one attached hydrogen (secondary N) is 1. The van der Waals surface area contributed by atoms with Crippen LogP contribution < -0.4 is 10.1 Å². The molecule has 0 aliphatic heterocycles. The zero-order valence-electron chi connectivity index (χ0n) is 12.1. The van der Waals surface area contributed by atoms with Gasteiger partial charge in [-0.3, -0.25) is 10.1 Å². The molecule has 1 rings (SSSR count). The molecule has 1 aromatic carbocycles. The largest absolute Gasteiger partial charge is 0.491 e. The summed E-state index contributed by atoms with van der Waals surface area (Å²) in [6.07, 6.45) is 0.881. The molecule has 1 atom stereocenters. The quantitative estimate of drug-likeness (QED) is 0.795. The van der Waals surface area contributed by atoms with Crippen molar-refractivity contribution in [1.29, 1.82) is 0 Å². The number of carboxylic acid groups (broad SMARTS) is 1. The van der Waals surface area contributed by atoms with E-state index in [4.69, 9.17) is 4.74 Å². The fourth-order valence-electron chi connectivity index (χ4n) is 1.83. The number of aliphatic carboxylic acids is 1. The highest BCUT2D eigenvalue weighted by Gasteiger charge is 2.33. The van der Waals surface area contributed by atoms with Gasteiger partial charge in [0.15, 0.2) is 0 Å². The number of carbonyl (C=O) groups is 1. The van der Waals surface area contributed by atoms with Crippen molar-refractivity contribution in [2.45, 2.75) is 39.7 Å². The molecule has 1 unspecified atom stereocenters. The van der Waals surface area contributed by atoms with E-state index >= 15 is 0 Å². The minimum absolute atomic E-state index is 0.102. The van der Waals surface area contributed by atoms with Crippen LogP contribution in [-0.2, 0) is 4.79 Å². The highest BCUT2D eigenvalue weighted by Crippen LogP contribution is 2.18. The molecule has 4 nitrogen and oxygen atoms in total. The van der Waals surface area contributed by atoms with Crippen LogP contribution in [0.2, 0.25) is 0 Å². The maximum atomic E-state index is 11.3. The summed E-state index contributed by atoms with van der Waals surface area (Å²) in [7, 11) is 0. The van der Waals surface area contributed by atoms with E-state index in [1.165, 1.54) is 0 Å². The molecule has 0 aromatic heterocycles. The average molecular weight is 265 g/mol. The van der Waals surface area contributed by atoms with Crippen LogP contribution in [0.1, 0.15) is 31.4 Å². The molecular formula is C15H23NO3. The van der Waals surface area contributed by atoms with Gasteiger partial charge in [-0.15, -0.1) is 0 Å². The topological polar surface area (TPSA) is 58.6 Å². The van der Waals surface area contributed by atoms with Crippen LogP contribution in [0.25, 0.3) is 0 Å². The Bertz CT molecular complexity index is 425. The van der Waals surface area contributed by atoms with E-state index in [1.807, 2.05) is 32.9 Å². The monoisotopic (exact) mass is 265 g/mol. The molecule has 106 valence electrons. The molecule has 1 aromatic rings. The molecule has 0 aliphatic carbocycles. The number of hydrogen-bond acceptors (Lipinski definition) is 3. The van der Waals surface area contributed by atoms with Crippen molar-refractivity contribution in [3.05, 3.63) is 29.3 Å². The van der Waals surface area contributed by atoms with Crippen LogP contribution in [0.15, 0.2) is 18.2 Å². The number of aryl methyl sites for hydroxylation is 2. The molecule has 0 aliphatic rings. The minimum atomic E-state index is -1.06. The normalized spacial score (nSPS) is 13.9.